The van der Waals surface area contributed by atoms with Gasteiger partial charge in [-0.15, -0.1) is 24.8 Å². The molecule has 3 fully saturated rings. The summed E-state index contributed by atoms with van der Waals surface area (Å²) >= 11 is 0. The topological polar surface area (TPSA) is 132 Å². The standard InChI is InChI=1S/2C28H32N4O.C23H29N3O.2ClH/c2*1-31(2)20-25-23(22-8-4-3-5-9-22)12-13-24-26(30-33-28(24)25)14-11-21-15-18-32(19-16-21)27-10-6-7-17-29-27;1-26(2)16-21-19(18-6-4-3-5-7-18)9-10-20-22(25-27-23(20)21)11-8-17-12-14-24-15-13-17;;/h2*3-10,12-13,17,21H,11,14-16,18-20H2,1-2H3;3-7,9-10,17,24H,8,11-16H2,1-2H3;2*1H. The van der Waals surface area contributed by atoms with E-state index in [1.807, 2.05) is 24.5 Å². The fraction of sp³-hybridized carbons (Fsp3) is 0.380. The Labute approximate surface area is 574 Å². The van der Waals surface area contributed by atoms with Gasteiger partial charge in [0.25, 0.3) is 0 Å². The number of benzene rings is 6. The maximum Gasteiger partial charge on any atom is 0.172 e. The zero-order valence-corrected chi connectivity index (χ0v) is 58.0. The number of piperidine rings is 3. The van der Waals surface area contributed by atoms with Crippen molar-refractivity contribution in [2.75, 3.05) is 91.4 Å². The van der Waals surface area contributed by atoms with Crippen LogP contribution in [0.25, 0.3) is 66.3 Å². The van der Waals surface area contributed by atoms with Crippen LogP contribution >= 0.6 is 24.8 Å². The predicted octanol–water partition coefficient (Wildman–Crippen LogP) is 16.9. The van der Waals surface area contributed by atoms with Gasteiger partial charge in [0, 0.05) is 91.1 Å². The van der Waals surface area contributed by atoms with Crippen LogP contribution in [-0.2, 0) is 38.9 Å². The number of hydrogen-bond acceptors (Lipinski definition) is 14. The number of fused-ring (bicyclic) bond motifs is 3. The van der Waals surface area contributed by atoms with Crippen LogP contribution in [-0.4, -0.2) is 122 Å². The third-order valence-corrected chi connectivity index (χ3v) is 19.1. The van der Waals surface area contributed by atoms with Crippen molar-refractivity contribution in [3.8, 4) is 33.4 Å². The molecule has 14 nitrogen and oxygen atoms in total. The molecule has 6 aromatic carbocycles. The molecule has 0 amide bonds. The molecular formula is C79H95Cl2N11O3. The monoisotopic (exact) mass is 1320 g/mol. The first kappa shape index (κ1) is 69.9. The molecule has 0 radical (unpaired) electrons. The molecule has 0 aliphatic carbocycles. The minimum atomic E-state index is 0. The molecule has 95 heavy (non-hydrogen) atoms. The minimum Gasteiger partial charge on any atom is -0.357 e. The normalized spacial score (nSPS) is 14.8. The van der Waals surface area contributed by atoms with E-state index in [0.717, 1.165) is 165 Å². The Morgan fingerprint density at radius 1 is 0.379 bits per heavy atom. The lowest BCUT2D eigenvalue weighted by molar-refractivity contribution is 0.350. The van der Waals surface area contributed by atoms with Crippen molar-refractivity contribution in [2.24, 2.45) is 17.8 Å². The Morgan fingerprint density at radius 2 is 0.684 bits per heavy atom. The number of halogens is 2. The Hall–Kier alpha value is -7.95. The second kappa shape index (κ2) is 34.1. The second-order valence-electron chi connectivity index (χ2n) is 26.7. The Balaban J connectivity index is 0.000000155. The van der Waals surface area contributed by atoms with Crippen LogP contribution in [0.3, 0.4) is 0 Å². The molecule has 8 heterocycles. The second-order valence-corrected chi connectivity index (χ2v) is 26.7. The van der Waals surface area contributed by atoms with Gasteiger partial charge in [-0.1, -0.05) is 137 Å². The highest BCUT2D eigenvalue weighted by atomic mass is 35.5. The number of aryl methyl sites for hydroxylation is 3. The Morgan fingerprint density at radius 3 is 0.979 bits per heavy atom. The molecule has 0 unspecified atom stereocenters. The quantitative estimate of drug-likeness (QED) is 0.0776. The van der Waals surface area contributed by atoms with Crippen LogP contribution in [0.1, 0.15) is 91.6 Å². The highest BCUT2D eigenvalue weighted by Gasteiger charge is 2.26. The van der Waals surface area contributed by atoms with E-state index >= 15 is 0 Å². The van der Waals surface area contributed by atoms with Gasteiger partial charge >= 0.3 is 0 Å². The predicted molar refractivity (Wildman–Crippen MR) is 394 cm³/mol. The number of nitrogens with one attached hydrogen (secondary N) is 1. The molecule has 498 valence electrons. The van der Waals surface area contributed by atoms with Gasteiger partial charge in [0.15, 0.2) is 16.7 Å². The largest absolute Gasteiger partial charge is 0.357 e. The van der Waals surface area contributed by atoms with E-state index < -0.39 is 0 Å². The number of hydrogen-bond donors (Lipinski definition) is 1. The summed E-state index contributed by atoms with van der Waals surface area (Å²) in [6.45, 7) is 9.09. The van der Waals surface area contributed by atoms with Crippen molar-refractivity contribution in [3.63, 3.8) is 0 Å². The van der Waals surface area contributed by atoms with Gasteiger partial charge in [-0.05, 0) is 226 Å². The van der Waals surface area contributed by atoms with E-state index in [9.17, 15) is 0 Å². The maximum absolute atomic E-state index is 5.96. The van der Waals surface area contributed by atoms with E-state index in [1.165, 1.54) is 100 Å². The van der Waals surface area contributed by atoms with Crippen LogP contribution < -0.4 is 15.1 Å². The molecule has 16 heteroatoms. The van der Waals surface area contributed by atoms with E-state index in [4.69, 9.17) is 13.6 Å². The zero-order valence-electron chi connectivity index (χ0n) is 56.3. The number of pyridine rings is 2. The summed E-state index contributed by atoms with van der Waals surface area (Å²) in [5.74, 6) is 4.45. The lowest BCUT2D eigenvalue weighted by Gasteiger charge is -2.32. The van der Waals surface area contributed by atoms with Crippen LogP contribution in [0.4, 0.5) is 11.6 Å². The number of rotatable bonds is 20. The molecule has 0 bridgehead atoms. The average molecular weight is 1320 g/mol. The van der Waals surface area contributed by atoms with E-state index in [0.29, 0.717) is 0 Å². The summed E-state index contributed by atoms with van der Waals surface area (Å²) in [5, 5.41) is 20.5. The van der Waals surface area contributed by atoms with Crippen LogP contribution in [0.5, 0.6) is 0 Å². The van der Waals surface area contributed by atoms with Gasteiger partial charge in [-0.2, -0.15) is 0 Å². The van der Waals surface area contributed by atoms with Gasteiger partial charge in [-0.25, -0.2) is 9.97 Å². The summed E-state index contributed by atoms with van der Waals surface area (Å²) in [5.41, 5.74) is 17.1. The highest BCUT2D eigenvalue weighted by Crippen LogP contribution is 2.38. The molecule has 0 spiro atoms. The Bertz CT molecular complexity index is 3900. The van der Waals surface area contributed by atoms with Gasteiger partial charge in [0.1, 0.15) is 11.6 Å². The summed E-state index contributed by atoms with van der Waals surface area (Å²) in [7, 11) is 12.6. The molecule has 0 atom stereocenters. The highest BCUT2D eigenvalue weighted by molar-refractivity contribution is 5.91. The van der Waals surface area contributed by atoms with E-state index in [2.05, 4.69) is 249 Å². The molecule has 3 saturated heterocycles. The fourth-order valence-corrected chi connectivity index (χ4v) is 14.1. The van der Waals surface area contributed by atoms with Gasteiger partial charge in [-0.3, -0.25) is 0 Å². The van der Waals surface area contributed by atoms with E-state index in [1.54, 1.807) is 0 Å². The van der Waals surface area contributed by atoms with Crippen molar-refractivity contribution in [2.45, 2.75) is 96.7 Å². The SMILES string of the molecule is CN(C)Cc1c(-c2ccccc2)ccc2c(CCC3CCN(c4ccccn4)CC3)noc12.CN(C)Cc1c(-c2ccccc2)ccc2c(CCC3CCN(c4ccccn4)CC3)noc12.CN(C)Cc1c(-c2ccccc2)ccc2c(CCC3CCNCC3)noc12.Cl.Cl. The van der Waals surface area contributed by atoms with Crippen LogP contribution in [0, 0.1) is 17.8 Å². The van der Waals surface area contributed by atoms with Crippen molar-refractivity contribution in [1.29, 1.82) is 0 Å². The van der Waals surface area contributed by atoms with Crippen molar-refractivity contribution in [1.82, 2.24) is 45.5 Å². The smallest absolute Gasteiger partial charge is 0.172 e. The van der Waals surface area contributed by atoms with Gasteiger partial charge in [0.05, 0.1) is 17.1 Å². The molecule has 0 saturated carbocycles. The number of nitrogens with zero attached hydrogens (tertiary/aromatic N) is 10. The zero-order chi connectivity index (χ0) is 63.9. The van der Waals surface area contributed by atoms with Gasteiger partial charge < -0.3 is 43.4 Å². The lowest BCUT2D eigenvalue weighted by Crippen LogP contribution is -2.34. The number of anilines is 2. The third-order valence-electron chi connectivity index (χ3n) is 19.1. The van der Waals surface area contributed by atoms with Crippen LogP contribution in [0.15, 0.2) is 190 Å². The Kier molecular flexibility index (Phi) is 25.1. The summed E-state index contributed by atoms with van der Waals surface area (Å²) in [6, 6.07) is 57.3. The molecule has 1 N–H and O–H groups in total. The molecular weight excluding hydrogens is 1220 g/mol. The van der Waals surface area contributed by atoms with Crippen molar-refractivity contribution >= 4 is 69.4 Å². The maximum atomic E-state index is 5.96. The first-order chi connectivity index (χ1) is 45.6. The fourth-order valence-electron chi connectivity index (χ4n) is 14.1. The van der Waals surface area contributed by atoms with Crippen molar-refractivity contribution in [3.05, 3.63) is 210 Å². The third kappa shape index (κ3) is 17.8. The molecule has 14 rings (SSSR count). The summed E-state index contributed by atoms with van der Waals surface area (Å²) in [4.78, 5) is 20.4. The summed E-state index contributed by atoms with van der Waals surface area (Å²) in [6.07, 6.45) is 17.6. The van der Waals surface area contributed by atoms with Crippen molar-refractivity contribution < 1.29 is 13.6 Å². The molecule has 3 aliphatic heterocycles. The van der Waals surface area contributed by atoms with Gasteiger partial charge in [0.2, 0.25) is 0 Å². The first-order valence-electron chi connectivity index (χ1n) is 33.9. The molecule has 3 aliphatic rings. The first-order valence-corrected chi connectivity index (χ1v) is 33.9. The lowest BCUT2D eigenvalue weighted by atomic mass is 9.90. The average Bonchev–Trinajstić information content (AvgIpc) is 1.71. The molecule has 11 aromatic rings. The van der Waals surface area contributed by atoms with E-state index in [-0.39, 0.29) is 24.8 Å². The number of aromatic nitrogens is 5. The van der Waals surface area contributed by atoms with Crippen LogP contribution in [0.2, 0.25) is 0 Å². The molecule has 5 aromatic heterocycles. The summed E-state index contributed by atoms with van der Waals surface area (Å²) < 4.78 is 17.8. The minimum absolute atomic E-state index is 0.